The first-order chi connectivity index (χ1) is 16.9. The second kappa shape index (κ2) is 13.2. The fourth-order valence-electron chi connectivity index (χ4n) is 2.90. The summed E-state index contributed by atoms with van der Waals surface area (Å²) in [4.78, 5) is 24.4. The topological polar surface area (TPSA) is 132 Å². The summed E-state index contributed by atoms with van der Waals surface area (Å²) in [5, 5.41) is 11.8. The molecule has 0 radical (unpaired) electrons. The van der Waals surface area contributed by atoms with E-state index in [-0.39, 0.29) is 41.6 Å². The lowest BCUT2D eigenvalue weighted by atomic mass is 10.1. The van der Waals surface area contributed by atoms with Gasteiger partial charge in [-0.25, -0.2) is 13.1 Å². The van der Waals surface area contributed by atoms with Gasteiger partial charge in [0, 0.05) is 18.4 Å². The van der Waals surface area contributed by atoms with Crippen molar-refractivity contribution in [2.45, 2.75) is 31.9 Å². The van der Waals surface area contributed by atoms with Crippen LogP contribution in [-0.2, 0) is 9.84 Å². The number of nitrogens with zero attached hydrogens (tertiary/aromatic N) is 3. The third-order valence-electron chi connectivity index (χ3n) is 4.69. The highest BCUT2D eigenvalue weighted by Gasteiger charge is 2.28. The van der Waals surface area contributed by atoms with E-state index in [1.165, 1.54) is 29.1 Å². The number of sulfone groups is 1. The molecule has 0 saturated heterocycles. The number of unbranched alkanes of at least 4 members (excludes halogenated alkanes) is 3. The van der Waals surface area contributed by atoms with Crippen LogP contribution < -0.4 is 15.4 Å². The van der Waals surface area contributed by atoms with Crippen molar-refractivity contribution in [2.24, 2.45) is 0 Å². The van der Waals surface area contributed by atoms with Gasteiger partial charge in [0.15, 0.2) is 5.69 Å². The van der Waals surface area contributed by atoms with Crippen molar-refractivity contribution >= 4 is 21.7 Å². The second-order valence-electron chi connectivity index (χ2n) is 7.87. The van der Waals surface area contributed by atoms with Crippen LogP contribution in [0.3, 0.4) is 0 Å². The molecule has 2 amide bonds. The number of ether oxygens (including phenoxy) is 1. The zero-order valence-corrected chi connectivity index (χ0v) is 20.3. The standard InChI is InChI=1S/C21H27F4N5O5S/c1-36(33,34)11-9-26-20(32)16-13-30(29-28-16)17-7-6-15(19(31)27-14-21(23,24)25)12-18(17)35-10-5-3-2-4-8-22/h6-7,12-13H,2-5,8-11,14H2,1H3,(H,26,32)(H,27,31). The Morgan fingerprint density at radius 3 is 2.47 bits per heavy atom. The third kappa shape index (κ3) is 10.2. The van der Waals surface area contributed by atoms with Gasteiger partial charge in [0.2, 0.25) is 0 Å². The first kappa shape index (κ1) is 29.0. The maximum Gasteiger partial charge on any atom is 0.405 e. The number of alkyl halides is 4. The summed E-state index contributed by atoms with van der Waals surface area (Å²) in [5.41, 5.74) is 0.0516. The Balaban J connectivity index is 2.19. The van der Waals surface area contributed by atoms with E-state index in [2.05, 4.69) is 15.6 Å². The maximum atomic E-state index is 12.4. The normalized spacial score (nSPS) is 11.8. The van der Waals surface area contributed by atoms with Crippen LogP contribution in [0.1, 0.15) is 46.5 Å². The number of halogens is 4. The van der Waals surface area contributed by atoms with Crippen LogP contribution in [0, 0.1) is 0 Å². The summed E-state index contributed by atoms with van der Waals surface area (Å²) < 4.78 is 78.9. The third-order valence-corrected chi connectivity index (χ3v) is 5.63. The van der Waals surface area contributed by atoms with Crippen molar-refractivity contribution in [1.29, 1.82) is 0 Å². The predicted molar refractivity (Wildman–Crippen MR) is 122 cm³/mol. The van der Waals surface area contributed by atoms with E-state index in [1.54, 1.807) is 5.32 Å². The Morgan fingerprint density at radius 2 is 1.81 bits per heavy atom. The molecule has 2 N–H and O–H groups in total. The van der Waals surface area contributed by atoms with Gasteiger partial charge in [-0.1, -0.05) is 11.6 Å². The zero-order valence-electron chi connectivity index (χ0n) is 19.5. The molecule has 0 atom stereocenters. The van der Waals surface area contributed by atoms with Gasteiger partial charge < -0.3 is 15.4 Å². The van der Waals surface area contributed by atoms with Crippen LogP contribution in [0.4, 0.5) is 17.6 Å². The molecule has 1 aromatic heterocycles. The molecule has 0 unspecified atom stereocenters. The first-order valence-electron chi connectivity index (χ1n) is 11.0. The van der Waals surface area contributed by atoms with Crippen LogP contribution in [0.5, 0.6) is 5.75 Å². The summed E-state index contributed by atoms with van der Waals surface area (Å²) in [7, 11) is -3.27. The summed E-state index contributed by atoms with van der Waals surface area (Å²) in [5.74, 6) is -1.78. The van der Waals surface area contributed by atoms with Crippen molar-refractivity contribution in [3.8, 4) is 11.4 Å². The van der Waals surface area contributed by atoms with Crippen LogP contribution in [0.25, 0.3) is 5.69 Å². The van der Waals surface area contributed by atoms with Crippen LogP contribution in [-0.4, -0.2) is 79.8 Å². The molecule has 15 heteroatoms. The molecule has 0 fully saturated rings. The van der Waals surface area contributed by atoms with E-state index in [0.29, 0.717) is 25.7 Å². The maximum absolute atomic E-state index is 12.4. The van der Waals surface area contributed by atoms with Crippen LogP contribution >= 0.6 is 0 Å². The Bertz CT molecular complexity index is 1140. The van der Waals surface area contributed by atoms with Gasteiger partial charge >= 0.3 is 6.18 Å². The summed E-state index contributed by atoms with van der Waals surface area (Å²) in [6, 6.07) is 3.89. The van der Waals surface area contributed by atoms with Gasteiger partial charge in [-0.3, -0.25) is 14.0 Å². The van der Waals surface area contributed by atoms with Crippen molar-refractivity contribution in [3.05, 3.63) is 35.7 Å². The molecule has 0 aliphatic rings. The number of aromatic nitrogens is 3. The molecule has 2 rings (SSSR count). The molecule has 1 aromatic carbocycles. The Kier molecular flexibility index (Phi) is 10.6. The zero-order chi connectivity index (χ0) is 26.8. The second-order valence-corrected chi connectivity index (χ2v) is 10.1. The molecule has 10 nitrogen and oxygen atoms in total. The fraction of sp³-hybridized carbons (Fsp3) is 0.524. The summed E-state index contributed by atoms with van der Waals surface area (Å²) in [6.07, 6.45) is 0.0459. The average molecular weight is 538 g/mol. The summed E-state index contributed by atoms with van der Waals surface area (Å²) in [6.45, 7) is -1.86. The number of carbonyl (C=O) groups excluding carboxylic acids is 2. The number of amides is 2. The van der Waals surface area contributed by atoms with Gasteiger partial charge in [-0.05, 0) is 37.5 Å². The van der Waals surface area contributed by atoms with Gasteiger partial charge in [0.1, 0.15) is 27.8 Å². The highest BCUT2D eigenvalue weighted by atomic mass is 32.2. The molecule has 200 valence electrons. The Hall–Kier alpha value is -3.23. The highest BCUT2D eigenvalue weighted by molar-refractivity contribution is 7.90. The van der Waals surface area contributed by atoms with E-state index in [1.807, 2.05) is 0 Å². The SMILES string of the molecule is CS(=O)(=O)CCNC(=O)c1cn(-c2ccc(C(=O)NCC(F)(F)F)cc2OCCCCCCF)nn1. The van der Waals surface area contributed by atoms with Crippen molar-refractivity contribution in [1.82, 2.24) is 25.6 Å². The summed E-state index contributed by atoms with van der Waals surface area (Å²) >= 11 is 0. The van der Waals surface area contributed by atoms with Crippen molar-refractivity contribution < 1.29 is 40.3 Å². The van der Waals surface area contributed by atoms with E-state index < -0.39 is 41.0 Å². The number of nitrogens with one attached hydrogen (secondary N) is 2. The van der Waals surface area contributed by atoms with Gasteiger partial charge in [-0.15, -0.1) is 5.10 Å². The van der Waals surface area contributed by atoms with E-state index in [4.69, 9.17) is 4.74 Å². The van der Waals surface area contributed by atoms with Gasteiger partial charge in [0.25, 0.3) is 11.8 Å². The van der Waals surface area contributed by atoms with E-state index >= 15 is 0 Å². The van der Waals surface area contributed by atoms with Crippen molar-refractivity contribution in [3.63, 3.8) is 0 Å². The number of rotatable bonds is 14. The monoisotopic (exact) mass is 537 g/mol. The quantitative estimate of drug-likeness (QED) is 0.279. The molecule has 36 heavy (non-hydrogen) atoms. The van der Waals surface area contributed by atoms with Gasteiger partial charge in [0.05, 0.1) is 25.2 Å². The minimum atomic E-state index is -4.58. The molecule has 0 aliphatic carbocycles. The van der Waals surface area contributed by atoms with E-state index in [9.17, 15) is 35.6 Å². The molecule has 0 bridgehead atoms. The lowest BCUT2D eigenvalue weighted by Crippen LogP contribution is -2.33. The molecule has 0 spiro atoms. The number of hydrogen-bond acceptors (Lipinski definition) is 7. The number of benzene rings is 1. The lowest BCUT2D eigenvalue weighted by molar-refractivity contribution is -0.123. The Morgan fingerprint density at radius 1 is 1.08 bits per heavy atom. The first-order valence-corrected chi connectivity index (χ1v) is 13.0. The molecular formula is C21H27F4N5O5S. The van der Waals surface area contributed by atoms with Crippen LogP contribution in [0.2, 0.25) is 0 Å². The fourth-order valence-corrected chi connectivity index (χ4v) is 3.37. The number of hydrogen-bond donors (Lipinski definition) is 2. The lowest BCUT2D eigenvalue weighted by Gasteiger charge is -2.14. The molecule has 2 aromatic rings. The number of carbonyl (C=O) groups is 2. The molecule has 0 saturated carbocycles. The molecule has 0 aliphatic heterocycles. The average Bonchev–Trinajstić information content (AvgIpc) is 3.28. The van der Waals surface area contributed by atoms with E-state index in [0.717, 1.165) is 6.26 Å². The highest BCUT2D eigenvalue weighted by Crippen LogP contribution is 2.25. The minimum absolute atomic E-state index is 0.0886. The smallest absolute Gasteiger partial charge is 0.405 e. The van der Waals surface area contributed by atoms with Crippen molar-refractivity contribution in [2.75, 3.05) is 38.4 Å². The Labute approximate surface area is 205 Å². The molecular weight excluding hydrogens is 510 g/mol. The largest absolute Gasteiger partial charge is 0.491 e. The predicted octanol–water partition coefficient (Wildman–Crippen LogP) is 2.24. The minimum Gasteiger partial charge on any atom is -0.491 e. The van der Waals surface area contributed by atoms with Gasteiger partial charge in [-0.2, -0.15) is 13.2 Å². The molecule has 1 heterocycles. The van der Waals surface area contributed by atoms with Crippen LogP contribution in [0.15, 0.2) is 24.4 Å².